The second-order valence-corrected chi connectivity index (χ2v) is 4.50. The molecule has 76 valence electrons. The van der Waals surface area contributed by atoms with Crippen LogP contribution in [0.5, 0.6) is 0 Å². The van der Waals surface area contributed by atoms with Crippen LogP contribution in [0.4, 0.5) is 0 Å². The Morgan fingerprint density at radius 3 is 2.15 bits per heavy atom. The first-order valence-electron chi connectivity index (χ1n) is 5.31. The predicted molar refractivity (Wildman–Crippen MR) is 61.9 cm³/mol. The summed E-state index contributed by atoms with van der Waals surface area (Å²) in [6.45, 7) is 11.1. The molecule has 0 aromatic carbocycles. The summed E-state index contributed by atoms with van der Waals surface area (Å²) in [7, 11) is 0. The summed E-state index contributed by atoms with van der Waals surface area (Å²) >= 11 is 0. The third-order valence-electron chi connectivity index (χ3n) is 2.03. The lowest BCUT2D eigenvalue weighted by molar-refractivity contribution is 0.659. The van der Waals surface area contributed by atoms with Crippen molar-refractivity contribution < 1.29 is 0 Å². The zero-order valence-electron chi connectivity index (χ0n) is 9.85. The Hall–Kier alpha value is -0.520. The van der Waals surface area contributed by atoms with Crippen molar-refractivity contribution >= 4 is 0 Å². The molecule has 0 amide bonds. The van der Waals surface area contributed by atoms with Gasteiger partial charge in [0.25, 0.3) is 0 Å². The molecule has 13 heavy (non-hydrogen) atoms. The van der Waals surface area contributed by atoms with Crippen LogP contribution < -0.4 is 0 Å². The molecular weight excluding hydrogens is 156 g/mol. The average Bonchev–Trinajstić information content (AvgIpc) is 2.00. The molecule has 0 heterocycles. The largest absolute Gasteiger partial charge is 0.0856 e. The van der Waals surface area contributed by atoms with Gasteiger partial charge in [0, 0.05) is 0 Å². The molecule has 0 heteroatoms. The van der Waals surface area contributed by atoms with E-state index in [4.69, 9.17) is 0 Å². The van der Waals surface area contributed by atoms with Gasteiger partial charge in [-0.15, -0.1) is 0 Å². The molecule has 0 spiro atoms. The van der Waals surface area contributed by atoms with E-state index in [2.05, 4.69) is 46.8 Å². The molecule has 0 radical (unpaired) electrons. The van der Waals surface area contributed by atoms with E-state index in [0.717, 1.165) is 5.92 Å². The molecule has 0 rings (SSSR count). The highest BCUT2D eigenvalue weighted by molar-refractivity contribution is 5.02. The summed E-state index contributed by atoms with van der Waals surface area (Å²) in [5, 5.41) is 0. The fraction of sp³-hybridized carbons (Fsp3) is 0.692. The summed E-state index contributed by atoms with van der Waals surface area (Å²) in [5.74, 6) is 0.790. The molecule has 0 nitrogen and oxygen atoms in total. The summed E-state index contributed by atoms with van der Waals surface area (Å²) < 4.78 is 0. The molecule has 0 aromatic heterocycles. The highest BCUT2D eigenvalue weighted by Gasteiger charge is 1.91. The SMILES string of the molecule is CC(C)=CCC/C(C)=C\CC(C)C. The van der Waals surface area contributed by atoms with Crippen LogP contribution in [0.1, 0.15) is 53.9 Å². The molecule has 0 saturated carbocycles. The normalized spacial score (nSPS) is 12.0. The van der Waals surface area contributed by atoms with Gasteiger partial charge in [-0.3, -0.25) is 0 Å². The van der Waals surface area contributed by atoms with Crippen LogP contribution in [0.15, 0.2) is 23.3 Å². The van der Waals surface area contributed by atoms with Crippen LogP contribution in [0.25, 0.3) is 0 Å². The van der Waals surface area contributed by atoms with Crippen LogP contribution in [0.2, 0.25) is 0 Å². The zero-order chi connectivity index (χ0) is 10.3. The van der Waals surface area contributed by atoms with Gasteiger partial charge in [-0.25, -0.2) is 0 Å². The number of rotatable bonds is 5. The van der Waals surface area contributed by atoms with Gasteiger partial charge < -0.3 is 0 Å². The molecule has 0 unspecified atom stereocenters. The number of hydrogen-bond donors (Lipinski definition) is 0. The van der Waals surface area contributed by atoms with Crippen LogP contribution in [-0.2, 0) is 0 Å². The minimum absolute atomic E-state index is 0.790. The maximum absolute atomic E-state index is 2.38. The Morgan fingerprint density at radius 1 is 1.08 bits per heavy atom. The first-order chi connectivity index (χ1) is 6.02. The van der Waals surface area contributed by atoms with Crippen molar-refractivity contribution in [2.45, 2.75) is 53.9 Å². The lowest BCUT2D eigenvalue weighted by atomic mass is 10.1. The average molecular weight is 180 g/mol. The van der Waals surface area contributed by atoms with Crippen molar-refractivity contribution in [2.24, 2.45) is 5.92 Å². The van der Waals surface area contributed by atoms with E-state index in [1.807, 2.05) is 0 Å². The van der Waals surface area contributed by atoms with Crippen LogP contribution in [-0.4, -0.2) is 0 Å². The lowest BCUT2D eigenvalue weighted by Crippen LogP contribution is -1.84. The minimum Gasteiger partial charge on any atom is -0.0856 e. The number of allylic oxidation sites excluding steroid dienone is 4. The molecule has 0 saturated heterocycles. The summed E-state index contributed by atoms with van der Waals surface area (Å²) in [6.07, 6.45) is 8.33. The maximum atomic E-state index is 2.38. The molecule has 0 aromatic rings. The molecule has 0 bridgehead atoms. The van der Waals surface area contributed by atoms with E-state index in [0.29, 0.717) is 0 Å². The van der Waals surface area contributed by atoms with Crippen molar-refractivity contribution in [3.63, 3.8) is 0 Å². The standard InChI is InChI=1S/C13H24/c1-11(2)7-6-8-13(5)10-9-12(3)4/h7,10,12H,6,8-9H2,1-5H3/b13-10-. The molecule has 0 N–H and O–H groups in total. The van der Waals surface area contributed by atoms with Crippen LogP contribution in [0, 0.1) is 5.92 Å². The quantitative estimate of drug-likeness (QED) is 0.537. The van der Waals surface area contributed by atoms with E-state index < -0.39 is 0 Å². The maximum Gasteiger partial charge on any atom is -0.0288 e. The third kappa shape index (κ3) is 9.39. The van der Waals surface area contributed by atoms with Gasteiger partial charge in [0.15, 0.2) is 0 Å². The molecule has 0 aliphatic heterocycles. The fourth-order valence-corrected chi connectivity index (χ4v) is 1.13. The fourth-order valence-electron chi connectivity index (χ4n) is 1.13. The second kappa shape index (κ2) is 6.94. The molecule has 0 aliphatic rings. The van der Waals surface area contributed by atoms with Crippen molar-refractivity contribution in [2.75, 3.05) is 0 Å². The van der Waals surface area contributed by atoms with E-state index in [-0.39, 0.29) is 0 Å². The smallest absolute Gasteiger partial charge is 0.0288 e. The van der Waals surface area contributed by atoms with Gasteiger partial charge in [-0.05, 0) is 46.0 Å². The zero-order valence-corrected chi connectivity index (χ0v) is 9.85. The summed E-state index contributed by atoms with van der Waals surface area (Å²) in [4.78, 5) is 0. The van der Waals surface area contributed by atoms with Crippen molar-refractivity contribution in [3.05, 3.63) is 23.3 Å². The van der Waals surface area contributed by atoms with Crippen molar-refractivity contribution in [1.82, 2.24) is 0 Å². The topological polar surface area (TPSA) is 0 Å². The minimum atomic E-state index is 0.790. The van der Waals surface area contributed by atoms with Gasteiger partial charge in [-0.1, -0.05) is 37.1 Å². The monoisotopic (exact) mass is 180 g/mol. The van der Waals surface area contributed by atoms with Crippen molar-refractivity contribution in [3.8, 4) is 0 Å². The Kier molecular flexibility index (Phi) is 6.66. The van der Waals surface area contributed by atoms with E-state index in [1.54, 1.807) is 0 Å². The highest BCUT2D eigenvalue weighted by Crippen LogP contribution is 2.10. The first-order valence-corrected chi connectivity index (χ1v) is 5.31. The Labute approximate surface area is 83.7 Å². The molecule has 0 fully saturated rings. The van der Waals surface area contributed by atoms with Crippen LogP contribution >= 0.6 is 0 Å². The number of hydrogen-bond acceptors (Lipinski definition) is 0. The summed E-state index contributed by atoms with van der Waals surface area (Å²) in [6, 6.07) is 0. The Bertz CT molecular complexity index is 178. The second-order valence-electron chi connectivity index (χ2n) is 4.50. The summed E-state index contributed by atoms with van der Waals surface area (Å²) in [5.41, 5.74) is 2.96. The van der Waals surface area contributed by atoms with Gasteiger partial charge in [0.2, 0.25) is 0 Å². The highest BCUT2D eigenvalue weighted by atomic mass is 14.0. The lowest BCUT2D eigenvalue weighted by Gasteiger charge is -2.01. The van der Waals surface area contributed by atoms with E-state index >= 15 is 0 Å². The van der Waals surface area contributed by atoms with Gasteiger partial charge in [-0.2, -0.15) is 0 Å². The van der Waals surface area contributed by atoms with Gasteiger partial charge in [0.1, 0.15) is 0 Å². The van der Waals surface area contributed by atoms with Gasteiger partial charge in [0.05, 0.1) is 0 Å². The first kappa shape index (κ1) is 12.5. The molecule has 0 aliphatic carbocycles. The van der Waals surface area contributed by atoms with E-state index in [1.165, 1.54) is 30.4 Å². The van der Waals surface area contributed by atoms with Crippen LogP contribution in [0.3, 0.4) is 0 Å². The molecular formula is C13H24. The van der Waals surface area contributed by atoms with Crippen molar-refractivity contribution in [1.29, 1.82) is 0 Å². The predicted octanol–water partition coefficient (Wildman–Crippen LogP) is 4.73. The van der Waals surface area contributed by atoms with Gasteiger partial charge >= 0.3 is 0 Å². The Morgan fingerprint density at radius 2 is 1.69 bits per heavy atom. The third-order valence-corrected chi connectivity index (χ3v) is 2.03. The van der Waals surface area contributed by atoms with E-state index in [9.17, 15) is 0 Å². The molecule has 0 atom stereocenters. The Balaban J connectivity index is 3.67.